The maximum atomic E-state index is 11.1. The Balaban J connectivity index is 2.08. The van der Waals surface area contributed by atoms with Crippen molar-refractivity contribution < 1.29 is 4.79 Å². The highest BCUT2D eigenvalue weighted by Crippen LogP contribution is 2.22. The second kappa shape index (κ2) is 6.63. The number of amides is 1. The zero-order chi connectivity index (χ0) is 13.7. The number of carbonyl (C=O) groups excluding carboxylic acids is 1. The van der Waals surface area contributed by atoms with Crippen LogP contribution in [0.1, 0.15) is 24.8 Å². The molecule has 1 heterocycles. The van der Waals surface area contributed by atoms with Crippen molar-refractivity contribution in [2.45, 2.75) is 26.3 Å². The number of carbonyl (C=O) groups is 1. The molecule has 2 aromatic rings. The fraction of sp³-hybridized carbons (Fsp3) is 0.429. The molecule has 0 radical (unpaired) electrons. The van der Waals surface area contributed by atoms with E-state index in [0.717, 1.165) is 29.9 Å². The topological polar surface area (TPSA) is 59.2 Å². The maximum absolute atomic E-state index is 11.1. The summed E-state index contributed by atoms with van der Waals surface area (Å²) in [5.74, 6) is -0.280. The average molecular weight is 277 g/mol. The molecule has 1 amide bonds. The van der Waals surface area contributed by atoms with Crippen LogP contribution in [0.4, 0.5) is 0 Å². The highest BCUT2D eigenvalue weighted by molar-refractivity contribution is 7.18. The lowest BCUT2D eigenvalue weighted by Gasteiger charge is -2.18. The molecule has 0 aliphatic rings. The van der Waals surface area contributed by atoms with Gasteiger partial charge in [0.05, 0.1) is 23.3 Å². The SMILES string of the molecule is CCCCN(CC(N)=O)Cc1nc2ccccc2s1. The third-order valence-electron chi connectivity index (χ3n) is 2.90. The molecule has 0 aliphatic heterocycles. The maximum Gasteiger partial charge on any atom is 0.231 e. The number of primary amides is 1. The Kier molecular flexibility index (Phi) is 4.87. The van der Waals surface area contributed by atoms with Crippen LogP contribution >= 0.6 is 11.3 Å². The van der Waals surface area contributed by atoms with Gasteiger partial charge in [0.15, 0.2) is 0 Å². The third-order valence-corrected chi connectivity index (χ3v) is 3.93. The summed E-state index contributed by atoms with van der Waals surface area (Å²) in [6.07, 6.45) is 2.17. The van der Waals surface area contributed by atoms with Crippen molar-refractivity contribution in [2.24, 2.45) is 5.73 Å². The Morgan fingerprint density at radius 1 is 1.42 bits per heavy atom. The predicted molar refractivity (Wildman–Crippen MR) is 79.0 cm³/mol. The molecule has 5 heteroatoms. The van der Waals surface area contributed by atoms with E-state index in [1.165, 1.54) is 4.70 Å². The summed E-state index contributed by atoms with van der Waals surface area (Å²) in [4.78, 5) is 17.8. The predicted octanol–water partition coefficient (Wildman–Crippen LogP) is 2.38. The molecule has 1 aromatic carbocycles. The van der Waals surface area contributed by atoms with Crippen LogP contribution in [0.5, 0.6) is 0 Å². The van der Waals surface area contributed by atoms with Gasteiger partial charge < -0.3 is 5.73 Å². The second-order valence-corrected chi connectivity index (χ2v) is 5.72. The van der Waals surface area contributed by atoms with E-state index >= 15 is 0 Å². The molecule has 0 unspecified atom stereocenters. The molecule has 1 aromatic heterocycles. The van der Waals surface area contributed by atoms with Crippen LogP contribution in [0.15, 0.2) is 24.3 Å². The fourth-order valence-corrected chi connectivity index (χ4v) is 3.00. The minimum absolute atomic E-state index is 0.280. The van der Waals surface area contributed by atoms with Gasteiger partial charge in [-0.15, -0.1) is 11.3 Å². The first kappa shape index (κ1) is 14.0. The fourth-order valence-electron chi connectivity index (χ4n) is 1.99. The van der Waals surface area contributed by atoms with E-state index in [0.29, 0.717) is 13.1 Å². The number of aromatic nitrogens is 1. The summed E-state index contributed by atoms with van der Waals surface area (Å²) in [7, 11) is 0. The number of hydrogen-bond acceptors (Lipinski definition) is 4. The van der Waals surface area contributed by atoms with Gasteiger partial charge in [0.1, 0.15) is 5.01 Å². The molecular formula is C14H19N3OS. The number of thiazole rings is 1. The molecule has 0 bridgehead atoms. The first-order valence-corrected chi connectivity index (χ1v) is 7.36. The number of hydrogen-bond donors (Lipinski definition) is 1. The molecule has 0 atom stereocenters. The molecule has 0 saturated heterocycles. The molecule has 102 valence electrons. The molecule has 0 fully saturated rings. The minimum atomic E-state index is -0.280. The van der Waals surface area contributed by atoms with Crippen molar-refractivity contribution in [3.63, 3.8) is 0 Å². The summed E-state index contributed by atoms with van der Waals surface area (Å²) in [6, 6.07) is 8.09. The van der Waals surface area contributed by atoms with Gasteiger partial charge in [-0.1, -0.05) is 25.5 Å². The summed E-state index contributed by atoms with van der Waals surface area (Å²) in [5.41, 5.74) is 6.32. The molecule has 2 N–H and O–H groups in total. The standard InChI is InChI=1S/C14H19N3OS/c1-2-3-8-17(9-13(15)18)10-14-16-11-6-4-5-7-12(11)19-14/h4-7H,2-3,8-10H2,1H3,(H2,15,18). The first-order valence-electron chi connectivity index (χ1n) is 6.54. The smallest absolute Gasteiger partial charge is 0.231 e. The van der Waals surface area contributed by atoms with E-state index in [2.05, 4.69) is 22.9 Å². The summed E-state index contributed by atoms with van der Waals surface area (Å²) >= 11 is 1.68. The van der Waals surface area contributed by atoms with E-state index < -0.39 is 0 Å². The molecular weight excluding hydrogens is 258 g/mol. The lowest BCUT2D eigenvalue weighted by molar-refractivity contribution is -0.119. The van der Waals surface area contributed by atoms with E-state index in [4.69, 9.17) is 5.73 Å². The second-order valence-electron chi connectivity index (χ2n) is 4.61. The first-order chi connectivity index (χ1) is 9.19. The largest absolute Gasteiger partial charge is 0.369 e. The third kappa shape index (κ3) is 4.01. The zero-order valence-corrected chi connectivity index (χ0v) is 11.9. The van der Waals surface area contributed by atoms with E-state index in [1.54, 1.807) is 11.3 Å². The van der Waals surface area contributed by atoms with Crippen molar-refractivity contribution in [3.05, 3.63) is 29.3 Å². The number of para-hydroxylation sites is 1. The van der Waals surface area contributed by atoms with Crippen molar-refractivity contribution >= 4 is 27.5 Å². The summed E-state index contributed by atoms with van der Waals surface area (Å²) < 4.78 is 1.19. The van der Waals surface area contributed by atoms with Crippen molar-refractivity contribution in [1.82, 2.24) is 9.88 Å². The van der Waals surface area contributed by atoms with Crippen LogP contribution in [-0.4, -0.2) is 28.9 Å². The van der Waals surface area contributed by atoms with Gasteiger partial charge in [-0.05, 0) is 25.1 Å². The van der Waals surface area contributed by atoms with Crippen LogP contribution in [0, 0.1) is 0 Å². The average Bonchev–Trinajstić information content (AvgIpc) is 2.77. The zero-order valence-electron chi connectivity index (χ0n) is 11.1. The minimum Gasteiger partial charge on any atom is -0.369 e. The van der Waals surface area contributed by atoms with Gasteiger partial charge in [0.2, 0.25) is 5.91 Å². The van der Waals surface area contributed by atoms with Crippen LogP contribution < -0.4 is 5.73 Å². The van der Waals surface area contributed by atoms with Crippen LogP contribution in [0.25, 0.3) is 10.2 Å². The number of benzene rings is 1. The van der Waals surface area contributed by atoms with Gasteiger partial charge in [-0.25, -0.2) is 4.98 Å². The summed E-state index contributed by atoms with van der Waals surface area (Å²) in [6.45, 7) is 4.02. The van der Waals surface area contributed by atoms with Gasteiger partial charge >= 0.3 is 0 Å². The van der Waals surface area contributed by atoms with Gasteiger partial charge in [-0.2, -0.15) is 0 Å². The number of nitrogens with zero attached hydrogens (tertiary/aromatic N) is 2. The van der Waals surface area contributed by atoms with Crippen molar-refractivity contribution in [2.75, 3.05) is 13.1 Å². The van der Waals surface area contributed by atoms with E-state index in [-0.39, 0.29) is 5.91 Å². The van der Waals surface area contributed by atoms with Gasteiger partial charge in [0.25, 0.3) is 0 Å². The number of fused-ring (bicyclic) bond motifs is 1. The quantitative estimate of drug-likeness (QED) is 0.845. The van der Waals surface area contributed by atoms with E-state index in [9.17, 15) is 4.79 Å². The highest BCUT2D eigenvalue weighted by Gasteiger charge is 2.11. The Bertz CT molecular complexity index is 519. The van der Waals surface area contributed by atoms with E-state index in [1.807, 2.05) is 18.2 Å². The monoisotopic (exact) mass is 277 g/mol. The lowest BCUT2D eigenvalue weighted by Crippen LogP contribution is -2.34. The van der Waals surface area contributed by atoms with Gasteiger partial charge in [-0.3, -0.25) is 9.69 Å². The Morgan fingerprint density at radius 3 is 2.89 bits per heavy atom. The number of unbranched alkanes of at least 4 members (excludes halogenated alkanes) is 1. The Labute approximate surface area is 117 Å². The molecule has 19 heavy (non-hydrogen) atoms. The van der Waals surface area contributed by atoms with Crippen LogP contribution in [0.2, 0.25) is 0 Å². The van der Waals surface area contributed by atoms with Crippen molar-refractivity contribution in [3.8, 4) is 0 Å². The van der Waals surface area contributed by atoms with Crippen LogP contribution in [-0.2, 0) is 11.3 Å². The Morgan fingerprint density at radius 2 is 2.21 bits per heavy atom. The molecule has 0 saturated carbocycles. The number of rotatable bonds is 7. The lowest BCUT2D eigenvalue weighted by atomic mass is 10.3. The highest BCUT2D eigenvalue weighted by atomic mass is 32.1. The Hall–Kier alpha value is -1.46. The normalized spacial score (nSPS) is 11.3. The summed E-state index contributed by atoms with van der Waals surface area (Å²) in [5, 5.41) is 1.04. The number of nitrogens with two attached hydrogens (primary N) is 1. The van der Waals surface area contributed by atoms with Crippen LogP contribution in [0.3, 0.4) is 0 Å². The molecule has 2 rings (SSSR count). The van der Waals surface area contributed by atoms with Gasteiger partial charge in [0, 0.05) is 0 Å². The van der Waals surface area contributed by atoms with Crippen molar-refractivity contribution in [1.29, 1.82) is 0 Å². The molecule has 4 nitrogen and oxygen atoms in total. The molecule has 0 aliphatic carbocycles. The molecule has 0 spiro atoms.